The minimum absolute atomic E-state index is 0.0479. The molecule has 2 unspecified atom stereocenters. The number of rotatable bonds is 3. The molecule has 1 aliphatic carbocycles. The van der Waals surface area contributed by atoms with Crippen LogP contribution in [-0.2, 0) is 0 Å². The smallest absolute Gasteiger partial charge is 0.0518 e. The van der Waals surface area contributed by atoms with Gasteiger partial charge in [-0.1, -0.05) is 11.6 Å². The van der Waals surface area contributed by atoms with Crippen LogP contribution in [0.3, 0.4) is 0 Å². The summed E-state index contributed by atoms with van der Waals surface area (Å²) < 4.78 is 0. The zero-order valence-electron chi connectivity index (χ0n) is 8.58. The number of hydrogen-bond donors (Lipinski definition) is 2. The minimum atomic E-state index is -0.307. The SMILES string of the molecule is CC1=CCC(CO)(CC(C)O)CC1. The van der Waals surface area contributed by atoms with Crippen LogP contribution in [0.5, 0.6) is 0 Å². The quantitative estimate of drug-likeness (QED) is 0.657. The summed E-state index contributed by atoms with van der Waals surface area (Å²) in [5.41, 5.74) is 1.36. The average molecular weight is 184 g/mol. The van der Waals surface area contributed by atoms with Gasteiger partial charge in [-0.3, -0.25) is 0 Å². The van der Waals surface area contributed by atoms with E-state index in [0.29, 0.717) is 6.42 Å². The van der Waals surface area contributed by atoms with Crippen molar-refractivity contribution in [2.75, 3.05) is 6.61 Å². The van der Waals surface area contributed by atoms with Gasteiger partial charge in [0.2, 0.25) is 0 Å². The lowest BCUT2D eigenvalue weighted by Gasteiger charge is -2.35. The normalized spacial score (nSPS) is 31.2. The Morgan fingerprint density at radius 3 is 2.69 bits per heavy atom. The van der Waals surface area contributed by atoms with Gasteiger partial charge < -0.3 is 10.2 Å². The van der Waals surface area contributed by atoms with Crippen LogP contribution in [0.2, 0.25) is 0 Å². The Kier molecular flexibility index (Phi) is 3.51. The maximum absolute atomic E-state index is 9.34. The Morgan fingerprint density at radius 2 is 2.31 bits per heavy atom. The van der Waals surface area contributed by atoms with Crippen LogP contribution in [0.4, 0.5) is 0 Å². The molecule has 0 aliphatic heterocycles. The first kappa shape index (κ1) is 10.7. The molecule has 0 spiro atoms. The van der Waals surface area contributed by atoms with E-state index in [4.69, 9.17) is 0 Å². The molecule has 0 saturated heterocycles. The molecule has 0 aromatic rings. The molecule has 0 saturated carbocycles. The molecule has 13 heavy (non-hydrogen) atoms. The predicted molar refractivity (Wildman–Crippen MR) is 53.4 cm³/mol. The summed E-state index contributed by atoms with van der Waals surface area (Å²) in [5.74, 6) is 0. The van der Waals surface area contributed by atoms with Crippen molar-refractivity contribution >= 4 is 0 Å². The molecule has 2 N–H and O–H groups in total. The second kappa shape index (κ2) is 4.25. The Morgan fingerprint density at radius 1 is 1.62 bits per heavy atom. The first-order valence-electron chi connectivity index (χ1n) is 5.02. The van der Waals surface area contributed by atoms with E-state index in [9.17, 15) is 10.2 Å². The van der Waals surface area contributed by atoms with Gasteiger partial charge in [-0.25, -0.2) is 0 Å². The van der Waals surface area contributed by atoms with Gasteiger partial charge >= 0.3 is 0 Å². The lowest BCUT2D eigenvalue weighted by atomic mass is 9.72. The summed E-state index contributed by atoms with van der Waals surface area (Å²) in [7, 11) is 0. The number of allylic oxidation sites excluding steroid dienone is 2. The molecule has 2 atom stereocenters. The Hall–Kier alpha value is -0.340. The van der Waals surface area contributed by atoms with Crippen molar-refractivity contribution in [3.05, 3.63) is 11.6 Å². The van der Waals surface area contributed by atoms with E-state index in [1.165, 1.54) is 5.57 Å². The van der Waals surface area contributed by atoms with Crippen LogP contribution in [-0.4, -0.2) is 22.9 Å². The molecule has 2 nitrogen and oxygen atoms in total. The third kappa shape index (κ3) is 2.82. The molecule has 1 aliphatic rings. The zero-order chi connectivity index (χ0) is 9.90. The molecule has 0 radical (unpaired) electrons. The van der Waals surface area contributed by atoms with Crippen molar-refractivity contribution in [3.63, 3.8) is 0 Å². The first-order chi connectivity index (χ1) is 6.08. The fourth-order valence-corrected chi connectivity index (χ4v) is 2.08. The molecule has 0 heterocycles. The minimum Gasteiger partial charge on any atom is -0.396 e. The second-order valence-electron chi connectivity index (χ2n) is 4.47. The van der Waals surface area contributed by atoms with Crippen molar-refractivity contribution in [1.29, 1.82) is 0 Å². The van der Waals surface area contributed by atoms with Crippen molar-refractivity contribution in [3.8, 4) is 0 Å². The highest BCUT2D eigenvalue weighted by molar-refractivity contribution is 5.07. The molecular weight excluding hydrogens is 164 g/mol. The van der Waals surface area contributed by atoms with Gasteiger partial charge in [-0.15, -0.1) is 0 Å². The van der Waals surface area contributed by atoms with E-state index < -0.39 is 0 Å². The van der Waals surface area contributed by atoms with Gasteiger partial charge in [0.1, 0.15) is 0 Å². The summed E-state index contributed by atoms with van der Waals surface area (Å²) >= 11 is 0. The lowest BCUT2D eigenvalue weighted by Crippen LogP contribution is -2.31. The third-order valence-electron chi connectivity index (χ3n) is 3.00. The highest BCUT2D eigenvalue weighted by atomic mass is 16.3. The topological polar surface area (TPSA) is 40.5 Å². The summed E-state index contributed by atoms with van der Waals surface area (Å²) in [6.45, 7) is 4.12. The monoisotopic (exact) mass is 184 g/mol. The molecule has 0 aromatic carbocycles. The highest BCUT2D eigenvalue weighted by Crippen LogP contribution is 2.38. The molecule has 2 heteroatoms. The molecular formula is C11H20O2. The molecule has 0 bridgehead atoms. The maximum Gasteiger partial charge on any atom is 0.0518 e. The third-order valence-corrected chi connectivity index (χ3v) is 3.00. The van der Waals surface area contributed by atoms with Crippen molar-refractivity contribution in [1.82, 2.24) is 0 Å². The van der Waals surface area contributed by atoms with Gasteiger partial charge in [0.25, 0.3) is 0 Å². The van der Waals surface area contributed by atoms with Gasteiger partial charge in [0, 0.05) is 6.61 Å². The molecule has 0 fully saturated rings. The Bertz CT molecular complexity index is 196. The van der Waals surface area contributed by atoms with Crippen molar-refractivity contribution in [2.24, 2.45) is 5.41 Å². The van der Waals surface area contributed by atoms with E-state index in [-0.39, 0.29) is 18.1 Å². The van der Waals surface area contributed by atoms with Crippen LogP contribution in [0.25, 0.3) is 0 Å². The summed E-state index contributed by atoms with van der Waals surface area (Å²) in [6, 6.07) is 0. The van der Waals surface area contributed by atoms with Crippen molar-refractivity contribution < 1.29 is 10.2 Å². The van der Waals surface area contributed by atoms with E-state index >= 15 is 0 Å². The van der Waals surface area contributed by atoms with Gasteiger partial charge in [-0.05, 0) is 44.9 Å². The summed E-state index contributed by atoms with van der Waals surface area (Å²) in [4.78, 5) is 0. The number of aliphatic hydroxyl groups is 2. The van der Waals surface area contributed by atoms with Crippen LogP contribution < -0.4 is 0 Å². The Balaban J connectivity index is 2.61. The fraction of sp³-hybridized carbons (Fsp3) is 0.818. The predicted octanol–water partition coefficient (Wildman–Crippen LogP) is 1.87. The Labute approximate surface area is 80.3 Å². The van der Waals surface area contributed by atoms with Gasteiger partial charge in [0.15, 0.2) is 0 Å². The number of hydrogen-bond acceptors (Lipinski definition) is 2. The molecule has 0 aromatic heterocycles. The largest absolute Gasteiger partial charge is 0.396 e. The van der Waals surface area contributed by atoms with Gasteiger partial charge in [0.05, 0.1) is 6.10 Å². The van der Waals surface area contributed by atoms with Crippen LogP contribution in [0, 0.1) is 5.41 Å². The van der Waals surface area contributed by atoms with Crippen LogP contribution in [0.15, 0.2) is 11.6 Å². The van der Waals surface area contributed by atoms with E-state index in [1.54, 1.807) is 6.92 Å². The average Bonchev–Trinajstić information content (AvgIpc) is 2.09. The highest BCUT2D eigenvalue weighted by Gasteiger charge is 2.31. The number of aliphatic hydroxyl groups excluding tert-OH is 2. The standard InChI is InChI=1S/C11H20O2/c1-9-3-5-11(8-12,6-4-9)7-10(2)13/h3,10,12-13H,4-8H2,1-2H3. The van der Waals surface area contributed by atoms with Crippen LogP contribution in [0.1, 0.15) is 39.5 Å². The first-order valence-corrected chi connectivity index (χ1v) is 5.02. The van der Waals surface area contributed by atoms with E-state index in [2.05, 4.69) is 13.0 Å². The van der Waals surface area contributed by atoms with E-state index in [0.717, 1.165) is 19.3 Å². The fourth-order valence-electron chi connectivity index (χ4n) is 2.08. The molecule has 76 valence electrons. The second-order valence-corrected chi connectivity index (χ2v) is 4.47. The zero-order valence-corrected chi connectivity index (χ0v) is 8.58. The van der Waals surface area contributed by atoms with Gasteiger partial charge in [-0.2, -0.15) is 0 Å². The van der Waals surface area contributed by atoms with Crippen LogP contribution >= 0.6 is 0 Å². The van der Waals surface area contributed by atoms with E-state index in [1.807, 2.05) is 0 Å². The van der Waals surface area contributed by atoms with Crippen molar-refractivity contribution in [2.45, 2.75) is 45.6 Å². The maximum atomic E-state index is 9.34. The molecule has 1 rings (SSSR count). The lowest BCUT2D eigenvalue weighted by molar-refractivity contribution is 0.0489. The summed E-state index contributed by atoms with van der Waals surface area (Å²) in [6.07, 6.45) is 5.60. The summed E-state index contributed by atoms with van der Waals surface area (Å²) in [5, 5.41) is 18.7. The molecule has 0 amide bonds.